The smallest absolute Gasteiger partial charge is 0.335 e. The van der Waals surface area contributed by atoms with Crippen LogP contribution in [0.25, 0.3) is 11.4 Å². The summed E-state index contributed by atoms with van der Waals surface area (Å²) in [6, 6.07) is 10.3. The van der Waals surface area contributed by atoms with Gasteiger partial charge in [0.25, 0.3) is 0 Å². The van der Waals surface area contributed by atoms with E-state index in [1.807, 2.05) is 0 Å². The maximum atomic E-state index is 13.1. The lowest BCUT2D eigenvalue weighted by molar-refractivity contribution is -0.137. The highest BCUT2D eigenvalue weighted by Gasteiger charge is 2.34. The predicted octanol–water partition coefficient (Wildman–Crippen LogP) is 4.82. The maximum Gasteiger partial charge on any atom is 0.418 e. The van der Waals surface area contributed by atoms with Crippen LogP contribution in [0.3, 0.4) is 0 Å². The molecule has 6 nitrogen and oxygen atoms in total. The summed E-state index contributed by atoms with van der Waals surface area (Å²) in [6.07, 6.45) is -4.61. The molecular formula is C17H12BrClF3N5OS. The van der Waals surface area contributed by atoms with Crippen LogP contribution < -0.4 is 11.2 Å². The fourth-order valence-electron chi connectivity index (χ4n) is 2.35. The van der Waals surface area contributed by atoms with E-state index in [1.54, 1.807) is 24.3 Å². The number of nitrogens with two attached hydrogens (primary N) is 1. The molecule has 152 valence electrons. The van der Waals surface area contributed by atoms with E-state index >= 15 is 0 Å². The highest BCUT2D eigenvalue weighted by molar-refractivity contribution is 9.10. The molecule has 2 aromatic carbocycles. The lowest BCUT2D eigenvalue weighted by atomic mass is 10.1. The molecule has 0 radical (unpaired) electrons. The lowest BCUT2D eigenvalue weighted by Gasteiger charge is -2.14. The van der Waals surface area contributed by atoms with Crippen molar-refractivity contribution in [2.24, 2.45) is 0 Å². The number of halogens is 5. The summed E-state index contributed by atoms with van der Waals surface area (Å²) in [5.41, 5.74) is -0.606. The van der Waals surface area contributed by atoms with Crippen LogP contribution >= 0.6 is 39.3 Å². The van der Waals surface area contributed by atoms with Gasteiger partial charge < -0.3 is 11.2 Å². The number of carbonyl (C=O) groups excluding carboxylic acids is 1. The largest absolute Gasteiger partial charge is 0.418 e. The first-order valence-corrected chi connectivity index (χ1v) is 10.1. The van der Waals surface area contributed by atoms with Crippen LogP contribution in [0.5, 0.6) is 0 Å². The third-order valence-corrected chi connectivity index (χ3v) is 5.35. The van der Waals surface area contributed by atoms with Crippen LogP contribution in [0.1, 0.15) is 5.56 Å². The summed E-state index contributed by atoms with van der Waals surface area (Å²) < 4.78 is 40.9. The number of nitrogens with zero attached hydrogens (tertiary/aromatic N) is 3. The minimum absolute atomic E-state index is 0.205. The monoisotopic (exact) mass is 505 g/mol. The second-order valence-corrected chi connectivity index (χ2v) is 8.00. The lowest BCUT2D eigenvalue weighted by Crippen LogP contribution is -2.19. The number of hydrogen-bond acceptors (Lipinski definition) is 5. The van der Waals surface area contributed by atoms with Crippen LogP contribution in [0.2, 0.25) is 5.02 Å². The van der Waals surface area contributed by atoms with E-state index in [9.17, 15) is 18.0 Å². The normalized spacial score (nSPS) is 11.5. The van der Waals surface area contributed by atoms with Gasteiger partial charge in [-0.25, -0.2) is 4.68 Å². The van der Waals surface area contributed by atoms with Crippen molar-refractivity contribution in [1.82, 2.24) is 14.9 Å². The first-order chi connectivity index (χ1) is 13.6. The fraction of sp³-hybridized carbons (Fsp3) is 0.118. The second-order valence-electron chi connectivity index (χ2n) is 5.71. The van der Waals surface area contributed by atoms with Gasteiger partial charge in [-0.1, -0.05) is 39.3 Å². The Labute approximate surface area is 180 Å². The summed E-state index contributed by atoms with van der Waals surface area (Å²) in [6.45, 7) is 0. The summed E-state index contributed by atoms with van der Waals surface area (Å²) in [5.74, 6) is 5.48. The molecule has 0 aliphatic rings. The number of alkyl halides is 3. The molecular weight excluding hydrogens is 495 g/mol. The van der Waals surface area contributed by atoms with Crippen LogP contribution in [0.4, 0.5) is 18.9 Å². The standard InChI is InChI=1S/C17H12BrClF3N5OS/c18-10-3-6-13(12(7-10)17(20,21)22)24-14(28)8-29-16-26-25-15(27(16)23)9-1-4-11(19)5-2-9/h1-7H,8,23H2,(H,24,28). The Bertz CT molecular complexity index is 1040. The predicted molar refractivity (Wildman–Crippen MR) is 109 cm³/mol. The van der Waals surface area contributed by atoms with Crippen molar-refractivity contribution in [3.05, 3.63) is 57.5 Å². The Morgan fingerprint density at radius 2 is 1.90 bits per heavy atom. The molecule has 1 amide bonds. The highest BCUT2D eigenvalue weighted by Crippen LogP contribution is 2.36. The Balaban J connectivity index is 1.69. The number of rotatable bonds is 5. The van der Waals surface area contributed by atoms with Crippen molar-refractivity contribution in [1.29, 1.82) is 0 Å². The molecule has 0 unspecified atom stereocenters. The van der Waals surface area contributed by atoms with E-state index in [1.165, 1.54) is 16.8 Å². The molecule has 0 saturated carbocycles. The molecule has 3 N–H and O–H groups in total. The van der Waals surface area contributed by atoms with Gasteiger partial charge in [-0.15, -0.1) is 10.2 Å². The fourth-order valence-corrected chi connectivity index (χ4v) is 3.49. The summed E-state index contributed by atoms with van der Waals surface area (Å²) in [5, 5.41) is 10.9. The minimum atomic E-state index is -4.61. The van der Waals surface area contributed by atoms with Crippen molar-refractivity contribution >= 4 is 50.9 Å². The molecule has 0 bridgehead atoms. The van der Waals surface area contributed by atoms with Crippen molar-refractivity contribution in [2.45, 2.75) is 11.3 Å². The van der Waals surface area contributed by atoms with Crippen LogP contribution in [0, 0.1) is 0 Å². The van der Waals surface area contributed by atoms with Gasteiger partial charge in [0, 0.05) is 15.1 Å². The highest BCUT2D eigenvalue weighted by atomic mass is 79.9. The number of amides is 1. The number of nitrogen functional groups attached to an aromatic ring is 1. The zero-order chi connectivity index (χ0) is 21.2. The van der Waals surface area contributed by atoms with Gasteiger partial charge in [-0.3, -0.25) is 4.79 Å². The first kappa shape index (κ1) is 21.5. The topological polar surface area (TPSA) is 85.8 Å². The van der Waals surface area contributed by atoms with Crippen LogP contribution in [-0.4, -0.2) is 26.5 Å². The van der Waals surface area contributed by atoms with Crippen molar-refractivity contribution in [2.75, 3.05) is 16.9 Å². The number of anilines is 1. The van der Waals surface area contributed by atoms with E-state index in [2.05, 4.69) is 31.4 Å². The first-order valence-electron chi connectivity index (χ1n) is 7.91. The molecule has 0 saturated heterocycles. The van der Waals surface area contributed by atoms with Gasteiger partial charge in [0.1, 0.15) is 0 Å². The summed E-state index contributed by atoms with van der Waals surface area (Å²) in [4.78, 5) is 12.2. The van der Waals surface area contributed by atoms with Gasteiger partial charge in [-0.2, -0.15) is 13.2 Å². The Morgan fingerprint density at radius 1 is 1.21 bits per heavy atom. The number of hydrogen-bond donors (Lipinski definition) is 2. The molecule has 1 aromatic heterocycles. The second kappa shape index (κ2) is 8.64. The maximum absolute atomic E-state index is 13.1. The van der Waals surface area contributed by atoms with E-state index in [-0.39, 0.29) is 21.1 Å². The zero-order valence-corrected chi connectivity index (χ0v) is 17.5. The van der Waals surface area contributed by atoms with Crippen LogP contribution in [-0.2, 0) is 11.0 Å². The third-order valence-electron chi connectivity index (χ3n) is 3.66. The Morgan fingerprint density at radius 3 is 2.55 bits per heavy atom. The summed E-state index contributed by atoms with van der Waals surface area (Å²) in [7, 11) is 0. The average molecular weight is 507 g/mol. The van der Waals surface area contributed by atoms with Crippen molar-refractivity contribution in [3.63, 3.8) is 0 Å². The van der Waals surface area contributed by atoms with Gasteiger partial charge in [0.05, 0.1) is 17.0 Å². The van der Waals surface area contributed by atoms with E-state index in [0.717, 1.165) is 17.8 Å². The third kappa shape index (κ3) is 5.22. The van der Waals surface area contributed by atoms with Gasteiger partial charge >= 0.3 is 6.18 Å². The quantitative estimate of drug-likeness (QED) is 0.383. The molecule has 29 heavy (non-hydrogen) atoms. The zero-order valence-electron chi connectivity index (χ0n) is 14.4. The SMILES string of the molecule is Nn1c(SCC(=O)Nc2ccc(Br)cc2C(F)(F)F)nnc1-c1ccc(Cl)cc1. The van der Waals surface area contributed by atoms with Crippen LogP contribution in [0.15, 0.2) is 52.1 Å². The number of nitrogens with one attached hydrogen (secondary N) is 1. The molecule has 3 aromatic rings. The van der Waals surface area contributed by atoms with E-state index in [0.29, 0.717) is 16.4 Å². The molecule has 0 aliphatic heterocycles. The molecule has 0 spiro atoms. The number of thioether (sulfide) groups is 1. The average Bonchev–Trinajstić information content (AvgIpc) is 3.02. The molecule has 12 heteroatoms. The number of aromatic nitrogens is 3. The molecule has 0 atom stereocenters. The number of carbonyl (C=O) groups is 1. The Kier molecular flexibility index (Phi) is 6.39. The van der Waals surface area contributed by atoms with Gasteiger partial charge in [0.2, 0.25) is 11.1 Å². The molecule has 1 heterocycles. The van der Waals surface area contributed by atoms with E-state index < -0.39 is 17.6 Å². The van der Waals surface area contributed by atoms with Gasteiger partial charge in [-0.05, 0) is 42.5 Å². The molecule has 0 fully saturated rings. The van der Waals surface area contributed by atoms with Gasteiger partial charge in [0.15, 0.2) is 5.82 Å². The van der Waals surface area contributed by atoms with Crippen molar-refractivity contribution < 1.29 is 18.0 Å². The molecule has 3 rings (SSSR count). The summed E-state index contributed by atoms with van der Waals surface area (Å²) >= 11 is 9.79. The van der Waals surface area contributed by atoms with Crippen molar-refractivity contribution in [3.8, 4) is 11.4 Å². The molecule has 0 aliphatic carbocycles. The van der Waals surface area contributed by atoms with E-state index in [4.69, 9.17) is 17.4 Å². The Hall–Kier alpha value is -2.24. The minimum Gasteiger partial charge on any atom is -0.335 e. The number of benzene rings is 2.